The molecule has 3 rings (SSSR count). The highest BCUT2D eigenvalue weighted by molar-refractivity contribution is 6.07. The monoisotopic (exact) mass is 301 g/mol. The van der Waals surface area contributed by atoms with Gasteiger partial charge in [-0.3, -0.25) is 14.9 Å². The Kier molecular flexibility index (Phi) is 3.60. The lowest BCUT2D eigenvalue weighted by molar-refractivity contribution is -0.384. The van der Waals surface area contributed by atoms with E-state index in [1.54, 1.807) is 12.3 Å². The molecular formula is C16H19N3O3. The highest BCUT2D eigenvalue weighted by atomic mass is 16.6. The minimum atomic E-state index is -0.437. The third-order valence-electron chi connectivity index (χ3n) is 3.92. The molecule has 1 aromatic carbocycles. The van der Waals surface area contributed by atoms with E-state index in [0.717, 1.165) is 18.4 Å². The average Bonchev–Trinajstić information content (AvgIpc) is 3.22. The molecule has 2 aromatic rings. The van der Waals surface area contributed by atoms with Gasteiger partial charge in [-0.25, -0.2) is 0 Å². The number of benzene rings is 1. The molecule has 1 amide bonds. The molecule has 0 aliphatic heterocycles. The Hall–Kier alpha value is -2.37. The molecule has 0 radical (unpaired) electrons. The van der Waals surface area contributed by atoms with Crippen molar-refractivity contribution in [2.75, 3.05) is 6.54 Å². The molecule has 1 heterocycles. The molecule has 116 valence electrons. The minimum absolute atomic E-state index is 0.00276. The van der Waals surface area contributed by atoms with Gasteiger partial charge in [-0.05, 0) is 24.8 Å². The normalized spacial score (nSPS) is 14.5. The fourth-order valence-corrected chi connectivity index (χ4v) is 2.73. The lowest BCUT2D eigenvalue weighted by atomic mass is 10.1. The number of non-ortho nitro benzene ring substituents is 1. The molecule has 1 aliphatic carbocycles. The number of carbonyl (C=O) groups excluding carboxylic acids is 1. The van der Waals surface area contributed by atoms with Crippen molar-refractivity contribution in [2.24, 2.45) is 5.92 Å². The largest absolute Gasteiger partial charge is 0.360 e. The van der Waals surface area contributed by atoms with Crippen LogP contribution in [0.2, 0.25) is 0 Å². The van der Waals surface area contributed by atoms with E-state index in [0.29, 0.717) is 29.5 Å². The summed E-state index contributed by atoms with van der Waals surface area (Å²) in [5, 5.41) is 11.6. The summed E-state index contributed by atoms with van der Waals surface area (Å²) in [6.07, 6.45) is 3.74. The van der Waals surface area contributed by atoms with Gasteiger partial charge in [0.1, 0.15) is 0 Å². The van der Waals surface area contributed by atoms with Crippen molar-refractivity contribution >= 4 is 22.5 Å². The maximum absolute atomic E-state index is 12.9. The molecular weight excluding hydrogens is 282 g/mol. The van der Waals surface area contributed by atoms with Gasteiger partial charge in [0.25, 0.3) is 11.6 Å². The van der Waals surface area contributed by atoms with E-state index in [9.17, 15) is 14.9 Å². The highest BCUT2D eigenvalue weighted by Gasteiger charge is 2.34. The number of aromatic amines is 1. The van der Waals surface area contributed by atoms with Crippen LogP contribution in [0.1, 0.15) is 37.0 Å². The molecule has 6 nitrogen and oxygen atoms in total. The topological polar surface area (TPSA) is 79.2 Å². The van der Waals surface area contributed by atoms with Crippen LogP contribution in [0.25, 0.3) is 10.9 Å². The molecule has 1 aliphatic rings. The third-order valence-corrected chi connectivity index (χ3v) is 3.92. The predicted octanol–water partition coefficient (Wildman–Crippen LogP) is 3.34. The van der Waals surface area contributed by atoms with E-state index in [2.05, 4.69) is 18.8 Å². The van der Waals surface area contributed by atoms with Gasteiger partial charge in [0.05, 0.1) is 10.5 Å². The van der Waals surface area contributed by atoms with Crippen molar-refractivity contribution in [2.45, 2.75) is 32.7 Å². The molecule has 0 saturated heterocycles. The van der Waals surface area contributed by atoms with Crippen LogP contribution >= 0.6 is 0 Å². The predicted molar refractivity (Wildman–Crippen MR) is 83.8 cm³/mol. The first-order chi connectivity index (χ1) is 10.5. The van der Waals surface area contributed by atoms with E-state index in [-0.39, 0.29) is 11.6 Å². The second-order valence-corrected chi connectivity index (χ2v) is 6.27. The van der Waals surface area contributed by atoms with Crippen LogP contribution in [0.5, 0.6) is 0 Å². The summed E-state index contributed by atoms with van der Waals surface area (Å²) in [5.74, 6) is 0.354. The third kappa shape index (κ3) is 2.68. The number of carbonyl (C=O) groups is 1. The van der Waals surface area contributed by atoms with Crippen LogP contribution in [0, 0.1) is 16.0 Å². The van der Waals surface area contributed by atoms with Crippen LogP contribution in [0.3, 0.4) is 0 Å². The molecule has 0 atom stereocenters. The lowest BCUT2D eigenvalue weighted by Gasteiger charge is -2.24. The number of H-pyrrole nitrogens is 1. The van der Waals surface area contributed by atoms with Crippen LogP contribution in [-0.4, -0.2) is 33.3 Å². The number of nitrogens with one attached hydrogen (secondary N) is 1. The summed E-state index contributed by atoms with van der Waals surface area (Å²) in [6.45, 7) is 4.89. The van der Waals surface area contributed by atoms with Gasteiger partial charge >= 0.3 is 0 Å². The van der Waals surface area contributed by atoms with Gasteiger partial charge in [-0.2, -0.15) is 0 Å². The van der Waals surface area contributed by atoms with Gasteiger partial charge < -0.3 is 9.88 Å². The number of hydrogen-bond acceptors (Lipinski definition) is 3. The maximum Gasteiger partial charge on any atom is 0.270 e. The number of nitrogens with zero attached hydrogens (tertiary/aromatic N) is 2. The first kappa shape index (κ1) is 14.6. The second-order valence-electron chi connectivity index (χ2n) is 6.27. The first-order valence-corrected chi connectivity index (χ1v) is 7.54. The van der Waals surface area contributed by atoms with Crippen molar-refractivity contribution < 1.29 is 9.72 Å². The summed E-state index contributed by atoms with van der Waals surface area (Å²) < 4.78 is 0. The summed E-state index contributed by atoms with van der Waals surface area (Å²) in [5.41, 5.74) is 1.27. The molecule has 0 unspecified atom stereocenters. The Morgan fingerprint density at radius 2 is 2.18 bits per heavy atom. The van der Waals surface area contributed by atoms with E-state index in [1.165, 1.54) is 12.1 Å². The van der Waals surface area contributed by atoms with Gasteiger partial charge in [-0.15, -0.1) is 0 Å². The molecule has 1 fully saturated rings. The van der Waals surface area contributed by atoms with E-state index in [4.69, 9.17) is 0 Å². The SMILES string of the molecule is CC(C)CN(C(=O)c1c[nH]c2ccc([N+](=O)[O-])cc12)C1CC1. The maximum atomic E-state index is 12.9. The van der Waals surface area contributed by atoms with Crippen LogP contribution in [-0.2, 0) is 0 Å². The number of fused-ring (bicyclic) bond motifs is 1. The first-order valence-electron chi connectivity index (χ1n) is 7.54. The number of nitro benzene ring substituents is 1. The number of nitro groups is 1. The summed E-state index contributed by atoms with van der Waals surface area (Å²) >= 11 is 0. The van der Waals surface area contributed by atoms with Crippen LogP contribution < -0.4 is 0 Å². The fraction of sp³-hybridized carbons (Fsp3) is 0.438. The van der Waals surface area contributed by atoms with E-state index < -0.39 is 4.92 Å². The molecule has 0 spiro atoms. The Morgan fingerprint density at radius 1 is 1.45 bits per heavy atom. The zero-order valence-corrected chi connectivity index (χ0v) is 12.7. The van der Waals surface area contributed by atoms with Crippen LogP contribution in [0.4, 0.5) is 5.69 Å². The number of hydrogen-bond donors (Lipinski definition) is 1. The smallest absolute Gasteiger partial charge is 0.270 e. The molecule has 0 bridgehead atoms. The van der Waals surface area contributed by atoms with E-state index in [1.807, 2.05) is 4.90 Å². The summed E-state index contributed by atoms with van der Waals surface area (Å²) in [6, 6.07) is 4.88. The summed E-state index contributed by atoms with van der Waals surface area (Å²) in [7, 11) is 0. The number of amides is 1. The number of aromatic nitrogens is 1. The van der Waals surface area contributed by atoms with Gasteiger partial charge in [0.15, 0.2) is 0 Å². The number of rotatable bonds is 5. The Morgan fingerprint density at radius 3 is 2.77 bits per heavy atom. The Balaban J connectivity index is 1.99. The van der Waals surface area contributed by atoms with Crippen molar-refractivity contribution in [1.82, 2.24) is 9.88 Å². The lowest BCUT2D eigenvalue weighted by Crippen LogP contribution is -2.36. The molecule has 1 N–H and O–H groups in total. The second kappa shape index (κ2) is 5.44. The molecule has 1 aromatic heterocycles. The van der Waals surface area contributed by atoms with Gasteiger partial charge in [0, 0.05) is 41.8 Å². The average molecular weight is 301 g/mol. The zero-order chi connectivity index (χ0) is 15.9. The fourth-order valence-electron chi connectivity index (χ4n) is 2.73. The highest BCUT2D eigenvalue weighted by Crippen LogP contribution is 2.31. The van der Waals surface area contributed by atoms with Gasteiger partial charge in [0.2, 0.25) is 0 Å². The van der Waals surface area contributed by atoms with Gasteiger partial charge in [-0.1, -0.05) is 13.8 Å². The molecule has 6 heteroatoms. The zero-order valence-electron chi connectivity index (χ0n) is 12.7. The molecule has 1 saturated carbocycles. The van der Waals surface area contributed by atoms with Crippen LogP contribution in [0.15, 0.2) is 24.4 Å². The quantitative estimate of drug-likeness (QED) is 0.679. The molecule has 22 heavy (non-hydrogen) atoms. The van der Waals surface area contributed by atoms with Crippen molar-refractivity contribution in [1.29, 1.82) is 0 Å². The van der Waals surface area contributed by atoms with Crippen molar-refractivity contribution in [3.05, 3.63) is 40.1 Å². The standard InChI is InChI=1S/C16H19N3O3/c1-10(2)9-18(11-3-4-11)16(20)14-8-17-15-6-5-12(19(21)22)7-13(14)15/h5-8,10-11,17H,3-4,9H2,1-2H3. The van der Waals surface area contributed by atoms with Crippen molar-refractivity contribution in [3.63, 3.8) is 0 Å². The Labute approximate surface area is 128 Å². The Bertz CT molecular complexity index is 731. The van der Waals surface area contributed by atoms with E-state index >= 15 is 0 Å². The van der Waals surface area contributed by atoms with Crippen molar-refractivity contribution in [3.8, 4) is 0 Å². The minimum Gasteiger partial charge on any atom is -0.360 e. The summed E-state index contributed by atoms with van der Waals surface area (Å²) in [4.78, 5) is 28.3.